The summed E-state index contributed by atoms with van der Waals surface area (Å²) in [5.41, 5.74) is -1.75. The molecule has 0 aliphatic carbocycles. The van der Waals surface area contributed by atoms with Gasteiger partial charge in [0.15, 0.2) is 0 Å². The lowest BCUT2D eigenvalue weighted by molar-refractivity contribution is -0.136. The van der Waals surface area contributed by atoms with Gasteiger partial charge in [0, 0.05) is 26.2 Å². The number of alkyl halides is 3. The molecule has 0 aliphatic rings. The number of aryl methyl sites for hydroxylation is 2. The van der Waals surface area contributed by atoms with Crippen LogP contribution >= 0.6 is 0 Å². The molecule has 0 spiro atoms. The van der Waals surface area contributed by atoms with Crippen molar-refractivity contribution in [1.82, 2.24) is 19.2 Å². The van der Waals surface area contributed by atoms with E-state index in [1.165, 1.54) is 23.6 Å². The highest BCUT2D eigenvalue weighted by molar-refractivity contribution is 5.85. The summed E-state index contributed by atoms with van der Waals surface area (Å²) in [6.07, 6.45) is -4.67. The Kier molecular flexibility index (Phi) is 4.73. The Bertz CT molecular complexity index is 832. The first kappa shape index (κ1) is 18.0. The Morgan fingerprint density at radius 1 is 1.29 bits per heavy atom. The van der Waals surface area contributed by atoms with Gasteiger partial charge in [0.1, 0.15) is 12.2 Å². The summed E-state index contributed by atoms with van der Waals surface area (Å²) >= 11 is 0. The van der Waals surface area contributed by atoms with E-state index >= 15 is 0 Å². The molecule has 0 fully saturated rings. The van der Waals surface area contributed by atoms with Crippen molar-refractivity contribution in [3.8, 4) is 0 Å². The number of rotatable bonds is 4. The fraction of sp³-hybridized carbons (Fsp3) is 0.533. The normalized spacial score (nSPS) is 12.0. The summed E-state index contributed by atoms with van der Waals surface area (Å²) in [5.74, 6) is -0.331. The minimum Gasteiger partial charge on any atom is -0.342 e. The van der Waals surface area contributed by atoms with Crippen LogP contribution < -0.4 is 5.56 Å². The van der Waals surface area contributed by atoms with Gasteiger partial charge in [-0.25, -0.2) is 0 Å². The number of carbonyl (C=O) groups is 1. The Balaban J connectivity index is 2.71. The van der Waals surface area contributed by atoms with Crippen LogP contribution in [0.5, 0.6) is 0 Å². The van der Waals surface area contributed by atoms with Gasteiger partial charge in [0.2, 0.25) is 5.91 Å². The van der Waals surface area contributed by atoms with Crippen molar-refractivity contribution in [1.29, 1.82) is 0 Å². The van der Waals surface area contributed by atoms with Crippen LogP contribution in [0, 0.1) is 6.92 Å². The lowest BCUT2D eigenvalue weighted by atomic mass is 10.1. The number of aromatic nitrogens is 3. The summed E-state index contributed by atoms with van der Waals surface area (Å²) in [7, 11) is 1.45. The second-order valence-electron chi connectivity index (χ2n) is 5.45. The molecule has 2 heterocycles. The van der Waals surface area contributed by atoms with Gasteiger partial charge in [-0.15, -0.1) is 0 Å². The molecule has 6 nitrogen and oxygen atoms in total. The summed E-state index contributed by atoms with van der Waals surface area (Å²) in [5, 5.41) is 3.84. The van der Waals surface area contributed by atoms with Crippen molar-refractivity contribution in [2.24, 2.45) is 7.05 Å². The summed E-state index contributed by atoms with van der Waals surface area (Å²) < 4.78 is 42.0. The smallest absolute Gasteiger partial charge is 0.342 e. The molecule has 9 heteroatoms. The molecule has 0 N–H and O–H groups in total. The number of pyridine rings is 1. The number of hydrogen-bond acceptors (Lipinski definition) is 3. The zero-order valence-corrected chi connectivity index (χ0v) is 13.9. The van der Waals surface area contributed by atoms with E-state index in [9.17, 15) is 22.8 Å². The van der Waals surface area contributed by atoms with Crippen molar-refractivity contribution < 1.29 is 18.0 Å². The van der Waals surface area contributed by atoms with Crippen LogP contribution in [0.4, 0.5) is 13.2 Å². The summed E-state index contributed by atoms with van der Waals surface area (Å²) in [6, 6.07) is 0.534. The van der Waals surface area contributed by atoms with Crippen molar-refractivity contribution in [2.75, 3.05) is 13.1 Å². The average molecular weight is 344 g/mol. The van der Waals surface area contributed by atoms with Crippen molar-refractivity contribution in [2.45, 2.75) is 33.5 Å². The Morgan fingerprint density at radius 3 is 2.38 bits per heavy atom. The maximum Gasteiger partial charge on any atom is 0.417 e. The largest absolute Gasteiger partial charge is 0.417 e. The number of fused-ring (bicyclic) bond motifs is 1. The molecule has 2 aromatic rings. The molecule has 2 aromatic heterocycles. The third-order valence-electron chi connectivity index (χ3n) is 3.97. The lowest BCUT2D eigenvalue weighted by Crippen LogP contribution is -2.37. The molecular formula is C15H19F3N4O2. The third kappa shape index (κ3) is 3.02. The van der Waals surface area contributed by atoms with Crippen molar-refractivity contribution in [3.63, 3.8) is 0 Å². The van der Waals surface area contributed by atoms with Crippen molar-refractivity contribution in [3.05, 3.63) is 27.7 Å². The van der Waals surface area contributed by atoms with Crippen molar-refractivity contribution >= 4 is 16.9 Å². The van der Waals surface area contributed by atoms with Crippen LogP contribution in [0.15, 0.2) is 10.9 Å². The molecule has 0 aliphatic heterocycles. The molecule has 2 rings (SSSR count). The van der Waals surface area contributed by atoms with Gasteiger partial charge >= 0.3 is 6.18 Å². The number of halogens is 3. The number of amides is 1. The highest BCUT2D eigenvalue weighted by Crippen LogP contribution is 2.35. The summed E-state index contributed by atoms with van der Waals surface area (Å²) in [4.78, 5) is 26.0. The highest BCUT2D eigenvalue weighted by Gasteiger charge is 2.36. The molecule has 24 heavy (non-hydrogen) atoms. The van der Waals surface area contributed by atoms with Gasteiger partial charge < -0.3 is 4.90 Å². The maximum atomic E-state index is 13.3. The second kappa shape index (κ2) is 6.29. The highest BCUT2D eigenvalue weighted by atomic mass is 19.4. The van der Waals surface area contributed by atoms with Crippen LogP contribution in [-0.2, 0) is 24.6 Å². The number of hydrogen-bond donors (Lipinski definition) is 0. The molecule has 0 bridgehead atoms. The van der Waals surface area contributed by atoms with E-state index in [2.05, 4.69) is 5.10 Å². The molecule has 0 unspecified atom stereocenters. The molecular weight excluding hydrogens is 325 g/mol. The van der Waals surface area contributed by atoms with Gasteiger partial charge in [-0.3, -0.25) is 18.8 Å². The number of carbonyl (C=O) groups excluding carboxylic acids is 1. The standard InChI is InChI=1S/C15H19F3N4O2/c1-5-21(6-2)12(24)8-22-11(23)7-10(15(16,17)18)13-9(3)19-20(4)14(13)22/h7H,5-6,8H2,1-4H3. The predicted octanol–water partition coefficient (Wildman–Crippen LogP) is 1.93. The van der Waals surface area contributed by atoms with Gasteiger partial charge in [-0.2, -0.15) is 18.3 Å². The minimum atomic E-state index is -4.67. The minimum absolute atomic E-state index is 0.00664. The van der Waals surface area contributed by atoms with Gasteiger partial charge in [-0.05, 0) is 20.8 Å². The monoisotopic (exact) mass is 344 g/mol. The first-order valence-corrected chi connectivity index (χ1v) is 7.53. The van der Waals surface area contributed by atoms with E-state index in [0.29, 0.717) is 19.2 Å². The fourth-order valence-electron chi connectivity index (χ4n) is 2.84. The van der Waals surface area contributed by atoms with Gasteiger partial charge in [0.25, 0.3) is 5.56 Å². The fourth-order valence-corrected chi connectivity index (χ4v) is 2.84. The van der Waals surface area contributed by atoms with E-state index in [1.54, 1.807) is 13.8 Å². The molecule has 0 atom stereocenters. The SMILES string of the molecule is CCN(CC)C(=O)Cn1c(=O)cc(C(F)(F)F)c2c(C)nn(C)c21. The molecule has 0 radical (unpaired) electrons. The van der Waals surface area contributed by atoms with E-state index in [-0.39, 0.29) is 29.2 Å². The van der Waals surface area contributed by atoms with Crippen LogP contribution in [0.3, 0.4) is 0 Å². The Hall–Kier alpha value is -2.32. The maximum absolute atomic E-state index is 13.3. The predicted molar refractivity (Wildman–Crippen MR) is 82.6 cm³/mol. The Labute approximate surface area is 136 Å². The Morgan fingerprint density at radius 2 is 1.88 bits per heavy atom. The zero-order chi connectivity index (χ0) is 18.2. The van der Waals surface area contributed by atoms with E-state index in [1.807, 2.05) is 0 Å². The van der Waals surface area contributed by atoms with Crippen LogP contribution in [0.1, 0.15) is 25.1 Å². The molecule has 1 amide bonds. The van der Waals surface area contributed by atoms with Crippen LogP contribution in [-0.4, -0.2) is 38.2 Å². The van der Waals surface area contributed by atoms with Crippen LogP contribution in [0.2, 0.25) is 0 Å². The third-order valence-corrected chi connectivity index (χ3v) is 3.97. The average Bonchev–Trinajstić information content (AvgIpc) is 2.77. The van der Waals surface area contributed by atoms with Gasteiger partial charge in [-0.1, -0.05) is 0 Å². The molecule has 132 valence electrons. The number of nitrogens with zero attached hydrogens (tertiary/aromatic N) is 4. The van der Waals surface area contributed by atoms with E-state index in [0.717, 1.165) is 4.57 Å². The first-order chi connectivity index (χ1) is 11.1. The molecule has 0 saturated heterocycles. The van der Waals surface area contributed by atoms with E-state index < -0.39 is 17.3 Å². The lowest BCUT2D eigenvalue weighted by Gasteiger charge is -2.20. The first-order valence-electron chi connectivity index (χ1n) is 7.53. The summed E-state index contributed by atoms with van der Waals surface area (Å²) in [6.45, 7) is 5.62. The zero-order valence-electron chi connectivity index (χ0n) is 13.9. The second-order valence-corrected chi connectivity index (χ2v) is 5.45. The van der Waals surface area contributed by atoms with E-state index in [4.69, 9.17) is 0 Å². The van der Waals surface area contributed by atoms with Crippen LogP contribution in [0.25, 0.3) is 11.0 Å². The quantitative estimate of drug-likeness (QED) is 0.852. The molecule has 0 saturated carbocycles. The van der Waals surface area contributed by atoms with Gasteiger partial charge in [0.05, 0.1) is 16.6 Å². The molecule has 0 aromatic carbocycles. The number of likely N-dealkylation sites (N-methyl/N-ethyl adjacent to an activating group) is 1. The topological polar surface area (TPSA) is 60.1 Å².